The topological polar surface area (TPSA) is 184 Å². The minimum Gasteiger partial charge on any atom is -0.461 e. The number of nitrogens with two attached hydrogens (primary N) is 2. The van der Waals surface area contributed by atoms with Crippen LogP contribution in [0.15, 0.2) is 24.4 Å². The molecule has 0 radical (unpaired) electrons. The Bertz CT molecular complexity index is 1350. The number of primary amides is 1. The van der Waals surface area contributed by atoms with Crippen LogP contribution in [0.1, 0.15) is 77.9 Å². The Kier molecular flexibility index (Phi) is 9.24. The van der Waals surface area contributed by atoms with Crippen molar-refractivity contribution in [1.82, 2.24) is 4.57 Å². The Morgan fingerprint density at radius 2 is 1.79 bits per heavy atom. The minimum absolute atomic E-state index is 0.104. The lowest BCUT2D eigenvalue weighted by Crippen LogP contribution is -2.33. The molecule has 2 aromatic rings. The number of anilines is 1. The zero-order chi connectivity index (χ0) is 29.1. The highest BCUT2D eigenvalue weighted by molar-refractivity contribution is 7.85. The van der Waals surface area contributed by atoms with E-state index >= 15 is 0 Å². The van der Waals surface area contributed by atoms with Crippen LogP contribution in [0.4, 0.5) is 5.69 Å². The molecular formula is C27H38N4O7S. The van der Waals surface area contributed by atoms with Crippen molar-refractivity contribution in [3.05, 3.63) is 46.8 Å². The average molecular weight is 563 g/mol. The fourth-order valence-electron chi connectivity index (χ4n) is 5.30. The molecule has 1 heterocycles. The summed E-state index contributed by atoms with van der Waals surface area (Å²) in [5, 5.41) is 3.49. The predicted octanol–water partition coefficient (Wildman–Crippen LogP) is 2.77. The zero-order valence-electron chi connectivity index (χ0n) is 22.8. The van der Waals surface area contributed by atoms with Gasteiger partial charge in [0.05, 0.1) is 18.4 Å². The molecule has 0 spiro atoms. The Morgan fingerprint density at radius 3 is 2.36 bits per heavy atom. The number of rotatable bonds is 6. The molecule has 1 aromatic carbocycles. The lowest BCUT2D eigenvalue weighted by atomic mass is 9.75. The zero-order valence-corrected chi connectivity index (χ0v) is 23.6. The first-order valence-electron chi connectivity index (χ1n) is 12.8. The number of nitrogens with zero attached hydrogens (tertiary/aromatic N) is 1. The van der Waals surface area contributed by atoms with Crippen LogP contribution >= 0.6 is 0 Å². The lowest BCUT2D eigenvalue weighted by Gasteiger charge is -2.31. The number of fused-ring (bicyclic) bond motifs is 1. The number of Topliss-reactive ketones (excluding diaryl/α,β-unsaturated/α-hetero) is 1. The molecular weight excluding hydrogens is 524 g/mol. The smallest absolute Gasteiger partial charge is 0.319 e. The number of aromatic nitrogens is 1. The molecule has 2 aliphatic carbocycles. The maximum absolute atomic E-state index is 12.8. The van der Waals surface area contributed by atoms with Crippen molar-refractivity contribution in [2.24, 2.45) is 16.9 Å². The summed E-state index contributed by atoms with van der Waals surface area (Å²) in [6.45, 7) is 6.09. The van der Waals surface area contributed by atoms with Gasteiger partial charge in [0.25, 0.3) is 16.0 Å². The molecule has 12 heteroatoms. The molecule has 0 bridgehead atoms. The third kappa shape index (κ3) is 8.13. The highest BCUT2D eigenvalue weighted by Crippen LogP contribution is 2.38. The monoisotopic (exact) mass is 562 g/mol. The highest BCUT2D eigenvalue weighted by atomic mass is 32.2. The molecule has 6 N–H and O–H groups in total. The molecule has 1 saturated carbocycles. The number of benzene rings is 1. The van der Waals surface area contributed by atoms with Gasteiger partial charge in [-0.1, -0.05) is 13.8 Å². The molecule has 1 fully saturated rings. The van der Waals surface area contributed by atoms with Crippen molar-refractivity contribution in [1.29, 1.82) is 0 Å². The van der Waals surface area contributed by atoms with Gasteiger partial charge < -0.3 is 26.1 Å². The molecule has 0 atom stereocenters. The summed E-state index contributed by atoms with van der Waals surface area (Å²) < 4.78 is 33.3. The van der Waals surface area contributed by atoms with Crippen molar-refractivity contribution in [3.63, 3.8) is 0 Å². The van der Waals surface area contributed by atoms with Gasteiger partial charge in [0.2, 0.25) is 0 Å². The van der Waals surface area contributed by atoms with Gasteiger partial charge in [0, 0.05) is 41.3 Å². The first-order valence-corrected chi connectivity index (χ1v) is 14.7. The molecule has 11 nitrogen and oxygen atoms in total. The number of esters is 1. The number of nitrogens with one attached hydrogen (secondary N) is 1. The van der Waals surface area contributed by atoms with Gasteiger partial charge in [-0.2, -0.15) is 8.42 Å². The molecule has 0 aliphatic heterocycles. The summed E-state index contributed by atoms with van der Waals surface area (Å²) >= 11 is 0. The molecule has 39 heavy (non-hydrogen) atoms. The van der Waals surface area contributed by atoms with Crippen LogP contribution < -0.4 is 16.8 Å². The van der Waals surface area contributed by atoms with E-state index in [4.69, 9.17) is 20.8 Å². The van der Waals surface area contributed by atoms with Crippen LogP contribution in [0, 0.1) is 12.3 Å². The number of hydrogen-bond acceptors (Lipinski definition) is 8. The molecule has 4 rings (SSSR count). The summed E-state index contributed by atoms with van der Waals surface area (Å²) in [5.41, 5.74) is 15.7. The third-order valence-electron chi connectivity index (χ3n) is 6.91. The van der Waals surface area contributed by atoms with Gasteiger partial charge >= 0.3 is 5.97 Å². The fourth-order valence-corrected chi connectivity index (χ4v) is 5.30. The van der Waals surface area contributed by atoms with Gasteiger partial charge in [0.15, 0.2) is 5.78 Å². The Morgan fingerprint density at radius 1 is 1.18 bits per heavy atom. The van der Waals surface area contributed by atoms with Gasteiger partial charge in [0.1, 0.15) is 6.10 Å². The number of amides is 1. The number of carbonyl (C=O) groups excluding carboxylic acids is 3. The van der Waals surface area contributed by atoms with E-state index in [9.17, 15) is 22.8 Å². The largest absolute Gasteiger partial charge is 0.461 e. The third-order valence-corrected chi connectivity index (χ3v) is 6.91. The summed E-state index contributed by atoms with van der Waals surface area (Å²) in [6, 6.07) is 5.68. The lowest BCUT2D eigenvalue weighted by molar-refractivity contribution is -0.148. The second-order valence-corrected chi connectivity index (χ2v) is 12.5. The van der Waals surface area contributed by atoms with Crippen LogP contribution in [-0.4, -0.2) is 60.1 Å². The maximum atomic E-state index is 12.8. The summed E-state index contributed by atoms with van der Waals surface area (Å²) in [4.78, 5) is 36.4. The normalized spacial score (nSPS) is 20.3. The van der Waals surface area contributed by atoms with Crippen LogP contribution in [0.2, 0.25) is 0 Å². The van der Waals surface area contributed by atoms with E-state index in [0.717, 1.165) is 54.6 Å². The van der Waals surface area contributed by atoms with Gasteiger partial charge in [-0.15, -0.1) is 0 Å². The van der Waals surface area contributed by atoms with E-state index in [0.29, 0.717) is 23.9 Å². The minimum atomic E-state index is -3.67. The molecule has 0 unspecified atom stereocenters. The van der Waals surface area contributed by atoms with E-state index in [1.54, 1.807) is 6.07 Å². The van der Waals surface area contributed by atoms with Crippen molar-refractivity contribution >= 4 is 33.5 Å². The van der Waals surface area contributed by atoms with Crippen molar-refractivity contribution in [2.45, 2.75) is 71.4 Å². The average Bonchev–Trinajstić information content (AvgIpc) is 3.14. The van der Waals surface area contributed by atoms with Crippen molar-refractivity contribution < 1.29 is 32.1 Å². The fraction of sp³-hybridized carbons (Fsp3) is 0.519. The van der Waals surface area contributed by atoms with E-state index < -0.39 is 16.0 Å². The van der Waals surface area contributed by atoms with E-state index in [1.165, 1.54) is 0 Å². The number of aryl methyl sites for hydroxylation is 1. The van der Waals surface area contributed by atoms with Crippen LogP contribution in [-0.2, 0) is 26.1 Å². The number of carbonyl (C=O) groups is 3. The molecule has 214 valence electrons. The molecule has 2 aliphatic rings. The first kappa shape index (κ1) is 30.3. The van der Waals surface area contributed by atoms with Gasteiger partial charge in [-0.25, -0.2) is 0 Å². The molecule has 1 amide bonds. The van der Waals surface area contributed by atoms with E-state index in [-0.39, 0.29) is 35.9 Å². The van der Waals surface area contributed by atoms with Crippen LogP contribution in [0.3, 0.4) is 0 Å². The van der Waals surface area contributed by atoms with Gasteiger partial charge in [-0.3, -0.25) is 18.9 Å². The second kappa shape index (κ2) is 11.9. The summed E-state index contributed by atoms with van der Waals surface area (Å²) in [6.07, 6.45) is 7.00. The second-order valence-electron chi connectivity index (χ2n) is 11.1. The Balaban J connectivity index is 0.000000771. The number of hydrogen-bond donors (Lipinski definition) is 4. The Labute approximate surface area is 229 Å². The van der Waals surface area contributed by atoms with E-state index in [1.807, 2.05) is 25.3 Å². The Hall–Kier alpha value is -3.22. The standard InChI is InChI=1S/C26H34N4O4.CH4O3S/c1-15-14-30(21-11-26(2,3)12-22(31)24(15)21)17-6-9-19(25(28)33)20(10-17)29-16-4-7-18(8-5-16)34-23(32)13-27;1-5(2,3)4/h6,9-10,14,16,18,29H,4-5,7-8,11-13,27H2,1-3H3,(H2,28,33);1H3,(H,2,3,4). The van der Waals surface area contributed by atoms with Crippen molar-refractivity contribution in [2.75, 3.05) is 18.1 Å². The predicted molar refractivity (Wildman–Crippen MR) is 148 cm³/mol. The summed E-state index contributed by atoms with van der Waals surface area (Å²) in [7, 11) is -3.67. The number of ether oxygens (including phenoxy) is 1. The molecule has 0 saturated heterocycles. The van der Waals surface area contributed by atoms with Crippen LogP contribution in [0.5, 0.6) is 0 Å². The molecule has 1 aromatic heterocycles. The SMILES string of the molecule is CS(=O)(=O)O.Cc1cn(-c2ccc(C(N)=O)c(NC3CCC(OC(=O)CN)CC3)c2)c2c1C(=O)CC(C)(C)C2. The quantitative estimate of drug-likeness (QED) is 0.304. The van der Waals surface area contributed by atoms with Crippen LogP contribution in [0.25, 0.3) is 5.69 Å². The summed E-state index contributed by atoms with van der Waals surface area (Å²) in [5.74, 6) is -0.699. The van der Waals surface area contributed by atoms with Crippen molar-refractivity contribution in [3.8, 4) is 5.69 Å². The van der Waals surface area contributed by atoms with E-state index in [2.05, 4.69) is 23.7 Å². The maximum Gasteiger partial charge on any atom is 0.319 e. The highest BCUT2D eigenvalue weighted by Gasteiger charge is 2.35. The number of ketones is 1. The first-order chi connectivity index (χ1) is 18.1. The van der Waals surface area contributed by atoms with Gasteiger partial charge in [-0.05, 0) is 68.2 Å².